The van der Waals surface area contributed by atoms with Gasteiger partial charge in [0.15, 0.2) is 0 Å². The summed E-state index contributed by atoms with van der Waals surface area (Å²) in [5, 5.41) is 0. The van der Waals surface area contributed by atoms with Crippen LogP contribution in [-0.4, -0.2) is 12.3 Å². The molecule has 0 bridgehead atoms. The zero-order valence-electron chi connectivity index (χ0n) is 8.56. The van der Waals surface area contributed by atoms with E-state index in [1.807, 2.05) is 18.2 Å². The summed E-state index contributed by atoms with van der Waals surface area (Å²) in [4.78, 5) is 4.25. The highest BCUT2D eigenvalue weighted by Gasteiger charge is 2.20. The number of hydrogen-bond acceptors (Lipinski definition) is 2. The average Bonchev–Trinajstić information content (AvgIpc) is 2.29. The lowest BCUT2D eigenvalue weighted by atomic mass is 9.86. The molecule has 1 aromatic rings. The molecule has 0 fully saturated rings. The highest BCUT2D eigenvalue weighted by atomic mass is 14.7. The Morgan fingerprint density at radius 3 is 2.87 bits per heavy atom. The van der Waals surface area contributed by atoms with Crippen molar-refractivity contribution in [1.29, 1.82) is 0 Å². The minimum Gasteiger partial charge on any atom is -0.329 e. The molecule has 2 rings (SSSR count). The normalized spacial score (nSPS) is 21.4. The topological polar surface area (TPSA) is 38.4 Å². The molecule has 1 aliphatic rings. The fraction of sp³-hybridized carbons (Fsp3) is 0.154. The Kier molecular flexibility index (Phi) is 2.79. The van der Waals surface area contributed by atoms with Gasteiger partial charge in [-0.3, -0.25) is 4.99 Å². The van der Waals surface area contributed by atoms with Crippen LogP contribution in [0, 0.1) is 0 Å². The zero-order valence-corrected chi connectivity index (χ0v) is 8.56. The van der Waals surface area contributed by atoms with Gasteiger partial charge in [0, 0.05) is 24.4 Å². The standard InChI is InChI=1S/C13H14N2/c1-2-15-13-8-7-10-5-3-4-6-11(10)12(13)9-14/h2-8,12H,1,9,14H2/b15-13-. The Balaban J connectivity index is 2.50. The van der Waals surface area contributed by atoms with E-state index in [9.17, 15) is 0 Å². The van der Waals surface area contributed by atoms with Crippen LogP contribution in [-0.2, 0) is 0 Å². The van der Waals surface area contributed by atoms with Crippen molar-refractivity contribution < 1.29 is 0 Å². The third-order valence-corrected chi connectivity index (χ3v) is 2.64. The first-order chi connectivity index (χ1) is 7.36. The Hall–Kier alpha value is -1.67. The predicted molar refractivity (Wildman–Crippen MR) is 64.9 cm³/mol. The summed E-state index contributed by atoms with van der Waals surface area (Å²) >= 11 is 0. The Labute approximate surface area is 89.8 Å². The van der Waals surface area contributed by atoms with E-state index in [4.69, 9.17) is 5.73 Å². The highest BCUT2D eigenvalue weighted by molar-refractivity contribution is 6.06. The van der Waals surface area contributed by atoms with Gasteiger partial charge in [-0.05, 0) is 17.2 Å². The molecule has 1 unspecified atom stereocenters. The Morgan fingerprint density at radius 1 is 1.33 bits per heavy atom. The molecular formula is C13H14N2. The molecule has 2 N–H and O–H groups in total. The van der Waals surface area contributed by atoms with Gasteiger partial charge in [-0.15, -0.1) is 0 Å². The van der Waals surface area contributed by atoms with Crippen LogP contribution >= 0.6 is 0 Å². The van der Waals surface area contributed by atoms with Gasteiger partial charge >= 0.3 is 0 Å². The van der Waals surface area contributed by atoms with Crippen molar-refractivity contribution in [2.75, 3.05) is 6.54 Å². The number of allylic oxidation sites excluding steroid dienone is 1. The van der Waals surface area contributed by atoms with Crippen molar-refractivity contribution >= 4 is 11.8 Å². The van der Waals surface area contributed by atoms with E-state index in [0.29, 0.717) is 6.54 Å². The lowest BCUT2D eigenvalue weighted by molar-refractivity contribution is 0.885. The van der Waals surface area contributed by atoms with Crippen LogP contribution in [0.3, 0.4) is 0 Å². The molecule has 0 radical (unpaired) electrons. The number of nitrogens with two attached hydrogens (primary N) is 1. The molecule has 0 saturated heterocycles. The quantitative estimate of drug-likeness (QED) is 0.778. The average molecular weight is 198 g/mol. The molecule has 0 aliphatic heterocycles. The molecule has 76 valence electrons. The van der Waals surface area contributed by atoms with E-state index < -0.39 is 0 Å². The van der Waals surface area contributed by atoms with Gasteiger partial charge in [0.25, 0.3) is 0 Å². The van der Waals surface area contributed by atoms with Crippen LogP contribution in [0.5, 0.6) is 0 Å². The first-order valence-electron chi connectivity index (χ1n) is 5.02. The molecule has 2 heteroatoms. The summed E-state index contributed by atoms with van der Waals surface area (Å²) in [5.41, 5.74) is 9.27. The van der Waals surface area contributed by atoms with E-state index in [1.165, 1.54) is 11.1 Å². The maximum Gasteiger partial charge on any atom is 0.0491 e. The molecule has 0 aromatic heterocycles. The summed E-state index contributed by atoms with van der Waals surface area (Å²) in [6, 6.07) is 8.27. The van der Waals surface area contributed by atoms with Crippen molar-refractivity contribution in [2.24, 2.45) is 10.7 Å². The third kappa shape index (κ3) is 1.76. The van der Waals surface area contributed by atoms with Crippen LogP contribution in [0.15, 0.2) is 48.1 Å². The number of nitrogens with zero attached hydrogens (tertiary/aromatic N) is 1. The van der Waals surface area contributed by atoms with E-state index in [1.54, 1.807) is 6.20 Å². The molecule has 0 saturated carbocycles. The Morgan fingerprint density at radius 2 is 2.13 bits per heavy atom. The SMILES string of the molecule is C=C/N=C1/C=Cc2ccccc2C1CN. The summed E-state index contributed by atoms with van der Waals surface area (Å²) in [6.07, 6.45) is 5.65. The summed E-state index contributed by atoms with van der Waals surface area (Å²) < 4.78 is 0. The van der Waals surface area contributed by atoms with E-state index >= 15 is 0 Å². The summed E-state index contributed by atoms with van der Waals surface area (Å²) in [5.74, 6) is 0.198. The predicted octanol–water partition coefficient (Wildman–Crippen LogP) is 2.34. The number of aliphatic imine (C=N–C) groups is 1. The lowest BCUT2D eigenvalue weighted by Crippen LogP contribution is -2.23. The van der Waals surface area contributed by atoms with Gasteiger partial charge in [-0.1, -0.05) is 36.9 Å². The second kappa shape index (κ2) is 4.24. The van der Waals surface area contributed by atoms with Crippen LogP contribution in [0.25, 0.3) is 6.08 Å². The van der Waals surface area contributed by atoms with Gasteiger partial charge in [-0.2, -0.15) is 0 Å². The van der Waals surface area contributed by atoms with Crippen LogP contribution in [0.2, 0.25) is 0 Å². The molecule has 15 heavy (non-hydrogen) atoms. The van der Waals surface area contributed by atoms with Gasteiger partial charge in [0.2, 0.25) is 0 Å². The number of rotatable bonds is 2. The van der Waals surface area contributed by atoms with E-state index in [-0.39, 0.29) is 5.92 Å². The van der Waals surface area contributed by atoms with Crippen LogP contribution in [0.4, 0.5) is 0 Å². The first-order valence-corrected chi connectivity index (χ1v) is 5.02. The molecule has 0 spiro atoms. The van der Waals surface area contributed by atoms with Gasteiger partial charge < -0.3 is 5.73 Å². The van der Waals surface area contributed by atoms with Gasteiger partial charge in [0.1, 0.15) is 0 Å². The minimum absolute atomic E-state index is 0.198. The summed E-state index contributed by atoms with van der Waals surface area (Å²) in [6.45, 7) is 4.19. The molecule has 0 heterocycles. The number of fused-ring (bicyclic) bond motifs is 1. The van der Waals surface area contributed by atoms with Gasteiger partial charge in [-0.25, -0.2) is 0 Å². The molecule has 1 aliphatic carbocycles. The first kappa shape index (κ1) is 9.87. The largest absolute Gasteiger partial charge is 0.329 e. The van der Waals surface area contributed by atoms with E-state index in [0.717, 1.165) is 5.71 Å². The molecule has 2 nitrogen and oxygen atoms in total. The fourth-order valence-electron chi connectivity index (χ4n) is 1.92. The van der Waals surface area contributed by atoms with Crippen molar-refractivity contribution in [1.82, 2.24) is 0 Å². The van der Waals surface area contributed by atoms with Crippen molar-refractivity contribution in [2.45, 2.75) is 5.92 Å². The summed E-state index contributed by atoms with van der Waals surface area (Å²) in [7, 11) is 0. The highest BCUT2D eigenvalue weighted by Crippen LogP contribution is 2.27. The lowest BCUT2D eigenvalue weighted by Gasteiger charge is -2.21. The number of hydrogen-bond donors (Lipinski definition) is 1. The molecule has 0 amide bonds. The second-order valence-corrected chi connectivity index (χ2v) is 3.49. The smallest absolute Gasteiger partial charge is 0.0491 e. The molecule has 1 aromatic carbocycles. The van der Waals surface area contributed by atoms with Gasteiger partial charge in [0.05, 0.1) is 0 Å². The van der Waals surface area contributed by atoms with E-state index in [2.05, 4.69) is 29.8 Å². The number of benzene rings is 1. The maximum atomic E-state index is 5.79. The maximum absolute atomic E-state index is 5.79. The third-order valence-electron chi connectivity index (χ3n) is 2.64. The minimum atomic E-state index is 0.198. The molecule has 1 atom stereocenters. The second-order valence-electron chi connectivity index (χ2n) is 3.49. The van der Waals surface area contributed by atoms with Crippen molar-refractivity contribution in [3.05, 3.63) is 54.2 Å². The van der Waals surface area contributed by atoms with Crippen LogP contribution < -0.4 is 5.73 Å². The monoisotopic (exact) mass is 198 g/mol. The Bertz CT molecular complexity index is 430. The van der Waals surface area contributed by atoms with Crippen LogP contribution in [0.1, 0.15) is 17.0 Å². The fourth-order valence-corrected chi connectivity index (χ4v) is 1.92. The van der Waals surface area contributed by atoms with Crippen molar-refractivity contribution in [3.8, 4) is 0 Å². The zero-order chi connectivity index (χ0) is 10.7. The molecular weight excluding hydrogens is 184 g/mol. The van der Waals surface area contributed by atoms with Crippen molar-refractivity contribution in [3.63, 3.8) is 0 Å².